The maximum Gasteiger partial charge on any atom is 0.0238 e. The molecule has 0 amide bonds. The molecular formula is C11H23N3. The van der Waals surface area contributed by atoms with Crippen LogP contribution in [-0.4, -0.2) is 54.6 Å². The van der Waals surface area contributed by atoms with Crippen LogP contribution < -0.4 is 5.73 Å². The first kappa shape index (κ1) is 10.4. The third-order valence-corrected chi connectivity index (χ3v) is 3.87. The normalized spacial score (nSPS) is 41.8. The van der Waals surface area contributed by atoms with Crippen LogP contribution in [0.5, 0.6) is 0 Å². The third-order valence-electron chi connectivity index (χ3n) is 3.87. The fourth-order valence-electron chi connectivity index (χ4n) is 2.80. The topological polar surface area (TPSA) is 32.5 Å². The maximum atomic E-state index is 6.01. The second-order valence-electron chi connectivity index (χ2n) is 5.08. The quantitative estimate of drug-likeness (QED) is 0.664. The van der Waals surface area contributed by atoms with Gasteiger partial charge in [0.05, 0.1) is 0 Å². The van der Waals surface area contributed by atoms with E-state index in [-0.39, 0.29) is 0 Å². The van der Waals surface area contributed by atoms with Crippen molar-refractivity contribution in [2.24, 2.45) is 5.73 Å². The first-order valence-corrected chi connectivity index (χ1v) is 5.86. The van der Waals surface area contributed by atoms with Gasteiger partial charge in [-0.2, -0.15) is 0 Å². The Hall–Kier alpha value is -0.120. The second-order valence-corrected chi connectivity index (χ2v) is 5.08. The minimum atomic E-state index is 0.421. The molecule has 14 heavy (non-hydrogen) atoms. The van der Waals surface area contributed by atoms with Crippen LogP contribution in [0.2, 0.25) is 0 Å². The molecule has 2 rings (SSSR count). The standard InChI is InChI=1S/C11H23N3/c1-9-6-11(8-13(9)2)14-5-3-4-10(12)7-14/h9-11H,3-8,12H2,1-2H3. The van der Waals surface area contributed by atoms with Gasteiger partial charge in [0.2, 0.25) is 0 Å². The molecule has 0 saturated carbocycles. The summed E-state index contributed by atoms with van der Waals surface area (Å²) in [6.07, 6.45) is 3.83. The Morgan fingerprint density at radius 3 is 2.64 bits per heavy atom. The Balaban J connectivity index is 1.89. The fraction of sp³-hybridized carbons (Fsp3) is 1.00. The van der Waals surface area contributed by atoms with Crippen molar-refractivity contribution in [2.45, 2.75) is 44.3 Å². The van der Waals surface area contributed by atoms with E-state index < -0.39 is 0 Å². The number of nitrogens with two attached hydrogens (primary N) is 1. The van der Waals surface area contributed by atoms with E-state index in [1.54, 1.807) is 0 Å². The SMILES string of the molecule is CC1CC(N2CCCC(N)C2)CN1C. The van der Waals surface area contributed by atoms with Crippen LogP contribution in [0.15, 0.2) is 0 Å². The van der Waals surface area contributed by atoms with Gasteiger partial charge in [0, 0.05) is 31.2 Å². The Bertz CT molecular complexity index is 182. The van der Waals surface area contributed by atoms with E-state index in [9.17, 15) is 0 Å². The summed E-state index contributed by atoms with van der Waals surface area (Å²) in [4.78, 5) is 5.07. The predicted molar refractivity (Wildman–Crippen MR) is 59.3 cm³/mol. The van der Waals surface area contributed by atoms with Crippen LogP contribution in [0.25, 0.3) is 0 Å². The Morgan fingerprint density at radius 1 is 1.29 bits per heavy atom. The third kappa shape index (κ3) is 2.10. The molecule has 0 aliphatic carbocycles. The monoisotopic (exact) mass is 197 g/mol. The fourth-order valence-corrected chi connectivity index (χ4v) is 2.80. The van der Waals surface area contributed by atoms with Gasteiger partial charge in [0.25, 0.3) is 0 Å². The molecule has 3 nitrogen and oxygen atoms in total. The van der Waals surface area contributed by atoms with Crippen molar-refractivity contribution in [3.8, 4) is 0 Å². The summed E-state index contributed by atoms with van der Waals surface area (Å²) in [5, 5.41) is 0. The highest BCUT2D eigenvalue weighted by Gasteiger charge is 2.32. The van der Waals surface area contributed by atoms with Crippen molar-refractivity contribution >= 4 is 0 Å². The number of hydrogen-bond acceptors (Lipinski definition) is 3. The molecular weight excluding hydrogens is 174 g/mol. The first-order valence-electron chi connectivity index (χ1n) is 5.86. The lowest BCUT2D eigenvalue weighted by Gasteiger charge is -2.35. The minimum absolute atomic E-state index is 0.421. The van der Waals surface area contributed by atoms with E-state index in [4.69, 9.17) is 5.73 Å². The van der Waals surface area contributed by atoms with Gasteiger partial charge >= 0.3 is 0 Å². The lowest BCUT2D eigenvalue weighted by Crippen LogP contribution is -2.48. The summed E-state index contributed by atoms with van der Waals surface area (Å²) in [7, 11) is 2.23. The number of likely N-dealkylation sites (N-methyl/N-ethyl adjacent to an activating group) is 1. The average Bonchev–Trinajstić information content (AvgIpc) is 2.47. The van der Waals surface area contributed by atoms with Crippen molar-refractivity contribution in [1.82, 2.24) is 9.80 Å². The number of hydrogen-bond donors (Lipinski definition) is 1. The lowest BCUT2D eigenvalue weighted by molar-refractivity contribution is 0.152. The largest absolute Gasteiger partial charge is 0.327 e. The van der Waals surface area contributed by atoms with Crippen LogP contribution in [0.1, 0.15) is 26.2 Å². The summed E-state index contributed by atoms with van der Waals surface area (Å²) in [6.45, 7) is 5.93. The number of likely N-dealkylation sites (tertiary alicyclic amines) is 2. The second kappa shape index (κ2) is 4.17. The molecule has 0 aromatic heterocycles. The number of rotatable bonds is 1. The summed E-state index contributed by atoms with van der Waals surface area (Å²) in [5.74, 6) is 0. The van der Waals surface area contributed by atoms with Gasteiger partial charge < -0.3 is 10.6 Å². The zero-order chi connectivity index (χ0) is 10.1. The van der Waals surface area contributed by atoms with E-state index in [0.29, 0.717) is 6.04 Å². The molecule has 3 atom stereocenters. The molecule has 2 saturated heterocycles. The average molecular weight is 197 g/mol. The molecule has 0 aromatic carbocycles. The van der Waals surface area contributed by atoms with Crippen molar-refractivity contribution < 1.29 is 0 Å². The Morgan fingerprint density at radius 2 is 2.07 bits per heavy atom. The van der Waals surface area contributed by atoms with E-state index >= 15 is 0 Å². The molecule has 0 spiro atoms. The summed E-state index contributed by atoms with van der Waals surface area (Å²) in [5.41, 5.74) is 6.01. The molecule has 2 aliphatic rings. The van der Waals surface area contributed by atoms with E-state index in [0.717, 1.165) is 18.6 Å². The first-order chi connectivity index (χ1) is 6.66. The lowest BCUT2D eigenvalue weighted by atomic mass is 10.0. The molecule has 0 bridgehead atoms. The molecule has 82 valence electrons. The highest BCUT2D eigenvalue weighted by molar-refractivity contribution is 4.89. The highest BCUT2D eigenvalue weighted by atomic mass is 15.3. The molecule has 2 aliphatic heterocycles. The van der Waals surface area contributed by atoms with Gasteiger partial charge in [-0.25, -0.2) is 0 Å². The summed E-state index contributed by atoms with van der Waals surface area (Å²) >= 11 is 0. The van der Waals surface area contributed by atoms with E-state index in [2.05, 4.69) is 23.8 Å². The molecule has 0 aromatic rings. The smallest absolute Gasteiger partial charge is 0.0238 e. The highest BCUT2D eigenvalue weighted by Crippen LogP contribution is 2.22. The summed E-state index contributed by atoms with van der Waals surface area (Å²) < 4.78 is 0. The van der Waals surface area contributed by atoms with Crippen LogP contribution >= 0.6 is 0 Å². The molecule has 3 heteroatoms. The van der Waals surface area contributed by atoms with Gasteiger partial charge in [-0.3, -0.25) is 4.90 Å². The zero-order valence-electron chi connectivity index (χ0n) is 9.45. The Labute approximate surface area is 87.2 Å². The van der Waals surface area contributed by atoms with Crippen LogP contribution in [0.4, 0.5) is 0 Å². The molecule has 0 radical (unpaired) electrons. The van der Waals surface area contributed by atoms with Crippen molar-refractivity contribution in [3.05, 3.63) is 0 Å². The molecule has 3 unspecified atom stereocenters. The number of nitrogens with zero attached hydrogens (tertiary/aromatic N) is 2. The van der Waals surface area contributed by atoms with Crippen molar-refractivity contribution in [1.29, 1.82) is 0 Å². The number of piperidine rings is 1. The molecule has 2 fully saturated rings. The van der Waals surface area contributed by atoms with Crippen LogP contribution in [-0.2, 0) is 0 Å². The van der Waals surface area contributed by atoms with Crippen LogP contribution in [0.3, 0.4) is 0 Å². The Kier molecular flexibility index (Phi) is 3.10. The van der Waals surface area contributed by atoms with Crippen LogP contribution in [0, 0.1) is 0 Å². The van der Waals surface area contributed by atoms with Gasteiger partial charge in [-0.15, -0.1) is 0 Å². The predicted octanol–water partition coefficient (Wildman–Crippen LogP) is 0.502. The van der Waals surface area contributed by atoms with Crippen molar-refractivity contribution in [2.75, 3.05) is 26.7 Å². The van der Waals surface area contributed by atoms with E-state index in [1.165, 1.54) is 32.4 Å². The molecule has 2 N–H and O–H groups in total. The van der Waals surface area contributed by atoms with Gasteiger partial charge in [-0.1, -0.05) is 0 Å². The summed E-state index contributed by atoms with van der Waals surface area (Å²) in [6, 6.07) is 1.93. The minimum Gasteiger partial charge on any atom is -0.327 e. The van der Waals surface area contributed by atoms with Gasteiger partial charge in [0.1, 0.15) is 0 Å². The van der Waals surface area contributed by atoms with E-state index in [1.807, 2.05) is 0 Å². The zero-order valence-corrected chi connectivity index (χ0v) is 9.45. The van der Waals surface area contributed by atoms with Gasteiger partial charge in [-0.05, 0) is 39.8 Å². The van der Waals surface area contributed by atoms with Gasteiger partial charge in [0.15, 0.2) is 0 Å². The molecule has 2 heterocycles. The van der Waals surface area contributed by atoms with Crippen molar-refractivity contribution in [3.63, 3.8) is 0 Å². The maximum absolute atomic E-state index is 6.01.